The molecule has 0 bridgehead atoms. The molecule has 0 fully saturated rings. The molecule has 0 aromatic heterocycles. The second kappa shape index (κ2) is 3.14. The van der Waals surface area contributed by atoms with E-state index < -0.39 is 0 Å². The smallest absolute Gasteiger partial charge is 0.0192 e. The van der Waals surface area contributed by atoms with Crippen LogP contribution in [-0.2, 0) is 12.8 Å². The molecule has 1 aliphatic rings. The van der Waals surface area contributed by atoms with Crippen LogP contribution in [0.15, 0.2) is 36.9 Å². The molecule has 0 spiro atoms. The Morgan fingerprint density at radius 1 is 1.25 bits per heavy atom. The van der Waals surface area contributed by atoms with Crippen molar-refractivity contribution in [1.29, 1.82) is 0 Å². The molecule has 1 aromatic rings. The van der Waals surface area contributed by atoms with Crippen molar-refractivity contribution in [3.05, 3.63) is 48.0 Å². The Bertz CT molecular complexity index is 286. The zero-order valence-electron chi connectivity index (χ0n) is 7.29. The molecular formula is C12H14. The van der Waals surface area contributed by atoms with Gasteiger partial charge in [0.15, 0.2) is 0 Å². The van der Waals surface area contributed by atoms with Gasteiger partial charge in [-0.05, 0) is 36.3 Å². The van der Waals surface area contributed by atoms with Gasteiger partial charge in [0, 0.05) is 0 Å². The van der Waals surface area contributed by atoms with Crippen LogP contribution >= 0.6 is 0 Å². The molecule has 0 amide bonds. The summed E-state index contributed by atoms with van der Waals surface area (Å²) in [5, 5.41) is 0. The number of aryl methyl sites for hydroxylation is 1. The summed E-state index contributed by atoms with van der Waals surface area (Å²) in [7, 11) is 0. The van der Waals surface area contributed by atoms with Gasteiger partial charge in [-0.15, -0.1) is 6.58 Å². The first-order valence-corrected chi connectivity index (χ1v) is 4.59. The maximum atomic E-state index is 3.86. The molecule has 1 aliphatic carbocycles. The highest BCUT2D eigenvalue weighted by Gasteiger charge is 2.14. The lowest BCUT2D eigenvalue weighted by Crippen LogP contribution is -2.11. The average Bonchev–Trinajstić information content (AvgIpc) is 2.17. The fraction of sp³-hybridized carbons (Fsp3) is 0.333. The zero-order chi connectivity index (χ0) is 8.39. The first-order chi connectivity index (χ1) is 5.90. The van der Waals surface area contributed by atoms with Gasteiger partial charge in [0.05, 0.1) is 0 Å². The Morgan fingerprint density at radius 2 is 2.00 bits per heavy atom. The molecule has 1 atom stereocenters. The van der Waals surface area contributed by atoms with E-state index in [0.29, 0.717) is 5.92 Å². The number of allylic oxidation sites excluding steroid dienone is 1. The zero-order valence-corrected chi connectivity index (χ0v) is 7.29. The molecule has 0 N–H and O–H groups in total. The summed E-state index contributed by atoms with van der Waals surface area (Å²) in [5.74, 6) is 0.708. The topological polar surface area (TPSA) is 0 Å². The Kier molecular flexibility index (Phi) is 1.99. The van der Waals surface area contributed by atoms with Crippen molar-refractivity contribution in [3.63, 3.8) is 0 Å². The predicted octanol–water partition coefficient (Wildman–Crippen LogP) is 2.98. The summed E-state index contributed by atoms with van der Waals surface area (Å²) < 4.78 is 0. The van der Waals surface area contributed by atoms with Crippen LogP contribution < -0.4 is 0 Å². The van der Waals surface area contributed by atoms with Crippen LogP contribution in [0.4, 0.5) is 0 Å². The van der Waals surface area contributed by atoms with Gasteiger partial charge >= 0.3 is 0 Å². The van der Waals surface area contributed by atoms with Gasteiger partial charge in [-0.2, -0.15) is 0 Å². The van der Waals surface area contributed by atoms with Crippen LogP contribution in [0.3, 0.4) is 0 Å². The van der Waals surface area contributed by atoms with Crippen molar-refractivity contribution in [3.8, 4) is 0 Å². The van der Waals surface area contributed by atoms with E-state index >= 15 is 0 Å². The molecule has 0 saturated carbocycles. The Morgan fingerprint density at radius 3 is 2.75 bits per heavy atom. The number of hydrogen-bond acceptors (Lipinski definition) is 0. The van der Waals surface area contributed by atoms with Crippen LogP contribution in [0.25, 0.3) is 0 Å². The van der Waals surface area contributed by atoms with Gasteiger partial charge in [0.2, 0.25) is 0 Å². The van der Waals surface area contributed by atoms with Crippen molar-refractivity contribution in [2.24, 2.45) is 5.92 Å². The highest BCUT2D eigenvalue weighted by Crippen LogP contribution is 2.25. The second-order valence-corrected chi connectivity index (χ2v) is 3.51. The molecule has 0 heteroatoms. The minimum absolute atomic E-state index is 0.708. The van der Waals surface area contributed by atoms with Crippen LogP contribution in [0, 0.1) is 5.92 Å². The molecule has 2 rings (SSSR count). The van der Waals surface area contributed by atoms with Crippen LogP contribution in [0.1, 0.15) is 17.5 Å². The molecule has 12 heavy (non-hydrogen) atoms. The summed E-state index contributed by atoms with van der Waals surface area (Å²) in [6.07, 6.45) is 5.79. The Balaban J connectivity index is 2.28. The lowest BCUT2D eigenvalue weighted by molar-refractivity contribution is 0.554. The summed E-state index contributed by atoms with van der Waals surface area (Å²) in [6.45, 7) is 3.86. The normalized spacial score (nSPS) is 21.5. The van der Waals surface area contributed by atoms with E-state index in [1.807, 2.05) is 0 Å². The molecule has 0 radical (unpaired) electrons. The van der Waals surface area contributed by atoms with E-state index in [1.54, 1.807) is 0 Å². The first kappa shape index (κ1) is 7.60. The third-order valence-corrected chi connectivity index (χ3v) is 2.72. The van der Waals surface area contributed by atoms with Gasteiger partial charge in [-0.3, -0.25) is 0 Å². The summed E-state index contributed by atoms with van der Waals surface area (Å²) >= 11 is 0. The largest absolute Gasteiger partial charge is 0.103 e. The fourth-order valence-corrected chi connectivity index (χ4v) is 1.93. The van der Waals surface area contributed by atoms with Crippen molar-refractivity contribution in [2.45, 2.75) is 19.3 Å². The molecule has 1 unspecified atom stereocenters. The minimum atomic E-state index is 0.708. The highest BCUT2D eigenvalue weighted by molar-refractivity contribution is 5.30. The maximum Gasteiger partial charge on any atom is -0.0192 e. The quantitative estimate of drug-likeness (QED) is 0.551. The van der Waals surface area contributed by atoms with Crippen LogP contribution in [-0.4, -0.2) is 0 Å². The number of benzene rings is 1. The van der Waals surface area contributed by atoms with E-state index in [-0.39, 0.29) is 0 Å². The molecule has 0 nitrogen and oxygen atoms in total. The second-order valence-electron chi connectivity index (χ2n) is 3.51. The molecule has 62 valence electrons. The molecule has 0 aliphatic heterocycles. The van der Waals surface area contributed by atoms with E-state index in [1.165, 1.54) is 30.4 Å². The van der Waals surface area contributed by atoms with Gasteiger partial charge in [-0.25, -0.2) is 0 Å². The van der Waals surface area contributed by atoms with Crippen molar-refractivity contribution < 1.29 is 0 Å². The Labute approximate surface area is 73.9 Å². The predicted molar refractivity (Wildman–Crippen MR) is 52.2 cm³/mol. The SMILES string of the molecule is C=CC1CCc2ccccc2C1. The summed E-state index contributed by atoms with van der Waals surface area (Å²) in [6, 6.07) is 8.75. The van der Waals surface area contributed by atoms with E-state index in [2.05, 4.69) is 36.9 Å². The van der Waals surface area contributed by atoms with Gasteiger partial charge in [-0.1, -0.05) is 30.3 Å². The fourth-order valence-electron chi connectivity index (χ4n) is 1.93. The van der Waals surface area contributed by atoms with E-state index in [9.17, 15) is 0 Å². The number of hydrogen-bond donors (Lipinski definition) is 0. The molecule has 0 saturated heterocycles. The highest BCUT2D eigenvalue weighted by atomic mass is 14.2. The Hall–Kier alpha value is -1.04. The molecule has 0 heterocycles. The third kappa shape index (κ3) is 1.29. The van der Waals surface area contributed by atoms with Crippen molar-refractivity contribution in [2.75, 3.05) is 0 Å². The average molecular weight is 158 g/mol. The third-order valence-electron chi connectivity index (χ3n) is 2.72. The van der Waals surface area contributed by atoms with E-state index in [0.717, 1.165) is 0 Å². The maximum absolute atomic E-state index is 3.86. The lowest BCUT2D eigenvalue weighted by atomic mass is 9.84. The van der Waals surface area contributed by atoms with Gasteiger partial charge in [0.1, 0.15) is 0 Å². The monoisotopic (exact) mass is 158 g/mol. The van der Waals surface area contributed by atoms with Crippen molar-refractivity contribution >= 4 is 0 Å². The van der Waals surface area contributed by atoms with Gasteiger partial charge in [0.25, 0.3) is 0 Å². The molecule has 1 aromatic carbocycles. The minimum Gasteiger partial charge on any atom is -0.103 e. The van der Waals surface area contributed by atoms with Gasteiger partial charge < -0.3 is 0 Å². The molecular weight excluding hydrogens is 144 g/mol. The first-order valence-electron chi connectivity index (χ1n) is 4.59. The van der Waals surface area contributed by atoms with Crippen LogP contribution in [0.5, 0.6) is 0 Å². The summed E-state index contributed by atoms with van der Waals surface area (Å²) in [5.41, 5.74) is 3.06. The van der Waals surface area contributed by atoms with E-state index in [4.69, 9.17) is 0 Å². The standard InChI is InChI=1S/C12H14/c1-2-10-7-8-11-5-3-4-6-12(11)9-10/h2-6,10H,1,7-9H2. The number of rotatable bonds is 1. The lowest BCUT2D eigenvalue weighted by Gasteiger charge is -2.21. The van der Waals surface area contributed by atoms with Crippen molar-refractivity contribution in [1.82, 2.24) is 0 Å². The summed E-state index contributed by atoms with van der Waals surface area (Å²) in [4.78, 5) is 0. The van der Waals surface area contributed by atoms with Crippen LogP contribution in [0.2, 0.25) is 0 Å². The number of fused-ring (bicyclic) bond motifs is 1.